The van der Waals surface area contributed by atoms with Crippen molar-refractivity contribution in [1.29, 1.82) is 0 Å². The van der Waals surface area contributed by atoms with E-state index < -0.39 is 6.43 Å². The lowest BCUT2D eigenvalue weighted by molar-refractivity contribution is 0.189. The fourth-order valence-electron chi connectivity index (χ4n) is 0.596. The van der Waals surface area contributed by atoms with Crippen LogP contribution >= 0.6 is 0 Å². The van der Waals surface area contributed by atoms with Crippen LogP contribution in [0.3, 0.4) is 0 Å². The van der Waals surface area contributed by atoms with Crippen LogP contribution in [0.25, 0.3) is 0 Å². The van der Waals surface area contributed by atoms with Gasteiger partial charge in [-0.2, -0.15) is 0 Å². The van der Waals surface area contributed by atoms with Crippen molar-refractivity contribution < 1.29 is 8.78 Å². The average molecular weight is 132 g/mol. The molecule has 0 atom stereocenters. The van der Waals surface area contributed by atoms with Gasteiger partial charge in [-0.3, -0.25) is 4.99 Å². The normalized spacial score (nSPS) is 18.1. The Morgan fingerprint density at radius 3 is 2.56 bits per heavy atom. The summed E-state index contributed by atoms with van der Waals surface area (Å²) in [6, 6.07) is 0. The molecule has 0 bridgehead atoms. The zero-order chi connectivity index (χ0) is 6.85. The number of hydrogen-bond acceptors (Lipinski definition) is 2. The molecule has 0 spiro atoms. The van der Waals surface area contributed by atoms with Gasteiger partial charge in [0.2, 0.25) is 0 Å². The summed E-state index contributed by atoms with van der Waals surface area (Å²) >= 11 is 0. The highest BCUT2D eigenvalue weighted by Crippen LogP contribution is 2.12. The fourth-order valence-corrected chi connectivity index (χ4v) is 0.596. The third-order valence-electron chi connectivity index (χ3n) is 1.06. The molecular weight excluding hydrogens is 126 g/mol. The highest BCUT2D eigenvalue weighted by Gasteiger charge is 2.14. The Morgan fingerprint density at radius 1 is 1.67 bits per heavy atom. The summed E-state index contributed by atoms with van der Waals surface area (Å²) in [5.74, 6) is 0.199. The first-order valence-corrected chi connectivity index (χ1v) is 2.48. The third-order valence-corrected chi connectivity index (χ3v) is 1.06. The first kappa shape index (κ1) is 6.19. The van der Waals surface area contributed by atoms with Gasteiger partial charge in [0.05, 0.1) is 6.54 Å². The number of alkyl halides is 2. The number of amidine groups is 1. The molecule has 2 nitrogen and oxygen atoms in total. The van der Waals surface area contributed by atoms with Gasteiger partial charge in [0.15, 0.2) is 0 Å². The molecular formula is C5H6F2N2. The number of aliphatic imine (C=N–C) groups is 1. The second-order valence-corrected chi connectivity index (χ2v) is 1.76. The summed E-state index contributed by atoms with van der Waals surface area (Å²) in [7, 11) is 0. The van der Waals surface area contributed by atoms with E-state index in [0.717, 1.165) is 0 Å². The molecule has 9 heavy (non-hydrogen) atoms. The largest absolute Gasteiger partial charge is 0.384 e. The molecule has 0 amide bonds. The summed E-state index contributed by atoms with van der Waals surface area (Å²) in [5, 5.41) is 0. The molecule has 0 saturated carbocycles. The molecule has 1 aliphatic rings. The summed E-state index contributed by atoms with van der Waals surface area (Å²) in [6.07, 6.45) is -1.19. The molecule has 0 saturated heterocycles. The van der Waals surface area contributed by atoms with E-state index in [1.807, 2.05) is 0 Å². The third kappa shape index (κ3) is 1.25. The van der Waals surface area contributed by atoms with E-state index in [1.165, 1.54) is 6.08 Å². The van der Waals surface area contributed by atoms with Crippen LogP contribution in [0.2, 0.25) is 0 Å². The summed E-state index contributed by atoms with van der Waals surface area (Å²) in [5.41, 5.74) is 5.11. The van der Waals surface area contributed by atoms with Crippen molar-refractivity contribution in [3.05, 3.63) is 11.6 Å². The van der Waals surface area contributed by atoms with Gasteiger partial charge in [-0.05, 0) is 6.08 Å². The Labute approximate surface area is 51.1 Å². The van der Waals surface area contributed by atoms with Crippen molar-refractivity contribution in [3.63, 3.8) is 0 Å². The smallest absolute Gasteiger partial charge is 0.262 e. The molecule has 0 unspecified atom stereocenters. The van der Waals surface area contributed by atoms with Gasteiger partial charge in [-0.1, -0.05) is 0 Å². The van der Waals surface area contributed by atoms with Crippen LogP contribution in [0.1, 0.15) is 0 Å². The van der Waals surface area contributed by atoms with Gasteiger partial charge in [0, 0.05) is 5.57 Å². The standard InChI is InChI=1S/C5H6F2N2/c6-5(7)3-1-4(8)9-2-3/h1,5H,2H2,(H2,8,9). The predicted octanol–water partition coefficient (Wildman–Crippen LogP) is 0.549. The molecule has 1 rings (SSSR count). The minimum absolute atomic E-state index is 0.00694. The van der Waals surface area contributed by atoms with Crippen molar-refractivity contribution >= 4 is 5.84 Å². The fraction of sp³-hybridized carbons (Fsp3) is 0.400. The molecule has 1 aliphatic heterocycles. The molecule has 1 heterocycles. The Balaban J connectivity index is 2.60. The van der Waals surface area contributed by atoms with E-state index in [4.69, 9.17) is 5.73 Å². The molecule has 50 valence electrons. The van der Waals surface area contributed by atoms with Gasteiger partial charge in [0.1, 0.15) is 5.84 Å². The van der Waals surface area contributed by atoms with E-state index >= 15 is 0 Å². The van der Waals surface area contributed by atoms with E-state index in [2.05, 4.69) is 4.99 Å². The van der Waals surface area contributed by atoms with E-state index in [-0.39, 0.29) is 18.0 Å². The number of nitrogens with zero attached hydrogens (tertiary/aromatic N) is 1. The van der Waals surface area contributed by atoms with Crippen LogP contribution < -0.4 is 5.73 Å². The van der Waals surface area contributed by atoms with Crippen molar-refractivity contribution in [2.24, 2.45) is 10.7 Å². The molecule has 0 fully saturated rings. The van der Waals surface area contributed by atoms with Crippen LogP contribution in [0.4, 0.5) is 8.78 Å². The van der Waals surface area contributed by atoms with Crippen molar-refractivity contribution in [2.75, 3.05) is 6.54 Å². The average Bonchev–Trinajstić information content (AvgIpc) is 2.14. The van der Waals surface area contributed by atoms with Gasteiger partial charge in [-0.15, -0.1) is 0 Å². The zero-order valence-corrected chi connectivity index (χ0v) is 4.64. The topological polar surface area (TPSA) is 38.4 Å². The van der Waals surface area contributed by atoms with Crippen LogP contribution in [-0.2, 0) is 0 Å². The maximum Gasteiger partial charge on any atom is 0.262 e. The first-order chi connectivity index (χ1) is 4.20. The highest BCUT2D eigenvalue weighted by atomic mass is 19.3. The lowest BCUT2D eigenvalue weighted by atomic mass is 10.3. The minimum atomic E-state index is -2.41. The molecule has 2 N–H and O–H groups in total. The lowest BCUT2D eigenvalue weighted by Crippen LogP contribution is -2.04. The van der Waals surface area contributed by atoms with Crippen LogP contribution in [0.15, 0.2) is 16.6 Å². The van der Waals surface area contributed by atoms with Crippen LogP contribution in [0, 0.1) is 0 Å². The minimum Gasteiger partial charge on any atom is -0.384 e. The maximum absolute atomic E-state index is 11.7. The monoisotopic (exact) mass is 132 g/mol. The van der Waals surface area contributed by atoms with Crippen molar-refractivity contribution in [3.8, 4) is 0 Å². The number of rotatable bonds is 1. The summed E-state index contributed by atoms with van der Waals surface area (Å²) in [4.78, 5) is 3.56. The van der Waals surface area contributed by atoms with Crippen molar-refractivity contribution in [1.82, 2.24) is 0 Å². The van der Waals surface area contributed by atoms with E-state index in [0.29, 0.717) is 0 Å². The maximum atomic E-state index is 11.7. The van der Waals surface area contributed by atoms with E-state index in [9.17, 15) is 8.78 Å². The molecule has 4 heteroatoms. The summed E-state index contributed by atoms with van der Waals surface area (Å²) < 4.78 is 23.4. The Bertz CT molecular complexity index is 172. The van der Waals surface area contributed by atoms with Gasteiger partial charge in [0.25, 0.3) is 6.43 Å². The predicted molar refractivity (Wildman–Crippen MR) is 30.6 cm³/mol. The Morgan fingerprint density at radius 2 is 2.33 bits per heavy atom. The second-order valence-electron chi connectivity index (χ2n) is 1.76. The Kier molecular flexibility index (Phi) is 1.46. The Hall–Kier alpha value is -0.930. The number of hydrogen-bond donors (Lipinski definition) is 1. The van der Waals surface area contributed by atoms with Crippen LogP contribution in [-0.4, -0.2) is 18.8 Å². The SMILES string of the molecule is NC1=NCC(C(F)F)=C1. The first-order valence-electron chi connectivity index (χ1n) is 2.48. The van der Waals surface area contributed by atoms with Gasteiger partial charge in [-0.25, -0.2) is 8.78 Å². The number of halogens is 2. The molecule has 0 aromatic rings. The second kappa shape index (κ2) is 2.13. The quantitative estimate of drug-likeness (QED) is 0.555. The number of nitrogens with two attached hydrogens (primary N) is 1. The van der Waals surface area contributed by atoms with Crippen LogP contribution in [0.5, 0.6) is 0 Å². The zero-order valence-electron chi connectivity index (χ0n) is 4.64. The van der Waals surface area contributed by atoms with Gasteiger partial charge < -0.3 is 5.73 Å². The molecule has 0 aromatic carbocycles. The van der Waals surface area contributed by atoms with Gasteiger partial charge >= 0.3 is 0 Å². The van der Waals surface area contributed by atoms with E-state index in [1.54, 1.807) is 0 Å². The lowest BCUT2D eigenvalue weighted by Gasteiger charge is -1.93. The highest BCUT2D eigenvalue weighted by molar-refractivity contribution is 5.94. The summed E-state index contributed by atoms with van der Waals surface area (Å²) in [6.45, 7) is 0.0590. The van der Waals surface area contributed by atoms with Crippen molar-refractivity contribution in [2.45, 2.75) is 6.43 Å². The molecule has 0 aromatic heterocycles. The molecule has 0 aliphatic carbocycles. The molecule has 0 radical (unpaired) electrons.